The first-order valence-electron chi connectivity index (χ1n) is 4.67. The molecule has 1 aliphatic heterocycles. The molecule has 0 bridgehead atoms. The van der Waals surface area contributed by atoms with Crippen LogP contribution in [0.25, 0.3) is 0 Å². The predicted octanol–water partition coefficient (Wildman–Crippen LogP) is 1.92. The summed E-state index contributed by atoms with van der Waals surface area (Å²) < 4.78 is 0. The van der Waals surface area contributed by atoms with Gasteiger partial charge >= 0.3 is 0 Å². The first-order chi connectivity index (χ1) is 5.54. The zero-order valence-electron chi connectivity index (χ0n) is 8.22. The van der Waals surface area contributed by atoms with Gasteiger partial charge in [0.25, 0.3) is 0 Å². The summed E-state index contributed by atoms with van der Waals surface area (Å²) in [5, 5.41) is 12.1. The van der Waals surface area contributed by atoms with E-state index >= 15 is 0 Å². The first-order valence-corrected chi connectivity index (χ1v) is 4.67. The summed E-state index contributed by atoms with van der Waals surface area (Å²) in [6.07, 6.45) is 2.20. The first kappa shape index (κ1) is 9.54. The second kappa shape index (κ2) is 3.45. The van der Waals surface area contributed by atoms with E-state index in [1.807, 2.05) is 0 Å². The van der Waals surface area contributed by atoms with Crippen molar-refractivity contribution in [1.29, 1.82) is 5.26 Å². The molecule has 0 aromatic heterocycles. The second-order valence-corrected chi connectivity index (χ2v) is 4.73. The van der Waals surface area contributed by atoms with E-state index in [0.29, 0.717) is 11.5 Å². The van der Waals surface area contributed by atoms with Crippen molar-refractivity contribution in [3.63, 3.8) is 0 Å². The molecule has 2 unspecified atom stereocenters. The topological polar surface area (TPSA) is 35.8 Å². The summed E-state index contributed by atoms with van der Waals surface area (Å²) in [6.45, 7) is 7.62. The van der Waals surface area contributed by atoms with Gasteiger partial charge < -0.3 is 5.32 Å². The Morgan fingerprint density at radius 2 is 2.00 bits per heavy atom. The van der Waals surface area contributed by atoms with E-state index in [0.717, 1.165) is 19.4 Å². The molecular formula is C10H18N2. The molecule has 0 spiro atoms. The van der Waals surface area contributed by atoms with E-state index in [2.05, 4.69) is 32.2 Å². The summed E-state index contributed by atoms with van der Waals surface area (Å²) in [7, 11) is 0. The van der Waals surface area contributed by atoms with Crippen LogP contribution in [-0.2, 0) is 0 Å². The Balaban J connectivity index is 2.42. The van der Waals surface area contributed by atoms with E-state index < -0.39 is 0 Å². The van der Waals surface area contributed by atoms with Crippen LogP contribution in [0.3, 0.4) is 0 Å². The summed E-state index contributed by atoms with van der Waals surface area (Å²) >= 11 is 0. The van der Waals surface area contributed by atoms with Crippen molar-refractivity contribution in [1.82, 2.24) is 5.32 Å². The summed E-state index contributed by atoms with van der Waals surface area (Å²) in [4.78, 5) is 0. The maximum atomic E-state index is 8.69. The van der Waals surface area contributed by atoms with Gasteiger partial charge in [-0.3, -0.25) is 0 Å². The lowest BCUT2D eigenvalue weighted by atomic mass is 9.80. The molecule has 0 amide bonds. The zero-order chi connectivity index (χ0) is 9.19. The van der Waals surface area contributed by atoms with E-state index in [9.17, 15) is 0 Å². The Morgan fingerprint density at radius 1 is 1.33 bits per heavy atom. The Morgan fingerprint density at radius 3 is 2.33 bits per heavy atom. The minimum atomic E-state index is 0.239. The van der Waals surface area contributed by atoms with Gasteiger partial charge in [0.15, 0.2) is 0 Å². The van der Waals surface area contributed by atoms with Crippen LogP contribution in [0, 0.1) is 22.7 Å². The van der Waals surface area contributed by atoms with Crippen LogP contribution in [0.15, 0.2) is 0 Å². The molecule has 1 N–H and O–H groups in total. The zero-order valence-corrected chi connectivity index (χ0v) is 8.22. The number of rotatable bonds is 0. The van der Waals surface area contributed by atoms with Gasteiger partial charge in [0.05, 0.1) is 12.0 Å². The van der Waals surface area contributed by atoms with Crippen LogP contribution < -0.4 is 5.32 Å². The maximum absolute atomic E-state index is 8.69. The quantitative estimate of drug-likeness (QED) is 0.597. The molecule has 0 aliphatic carbocycles. The Labute approximate surface area is 75.0 Å². The van der Waals surface area contributed by atoms with Crippen molar-refractivity contribution < 1.29 is 0 Å². The van der Waals surface area contributed by atoms with Crippen LogP contribution >= 0.6 is 0 Å². The Bertz CT molecular complexity index is 177. The number of hydrogen-bond acceptors (Lipinski definition) is 2. The van der Waals surface area contributed by atoms with Crippen LogP contribution in [0.4, 0.5) is 0 Å². The average Bonchev–Trinajstić information content (AvgIpc) is 2.03. The fourth-order valence-corrected chi connectivity index (χ4v) is 1.71. The van der Waals surface area contributed by atoms with Gasteiger partial charge in [-0.15, -0.1) is 0 Å². The standard InChI is InChI=1S/C10H18N2/c1-10(2,3)9-5-4-8(6-11)7-12-9/h8-9,12H,4-5,7H2,1-3H3. The number of hydrogen-bond donors (Lipinski definition) is 1. The van der Waals surface area contributed by atoms with Crippen molar-refractivity contribution >= 4 is 0 Å². The maximum Gasteiger partial charge on any atom is 0.0669 e. The summed E-state index contributed by atoms with van der Waals surface area (Å²) in [5.74, 6) is 0.239. The van der Waals surface area contributed by atoms with Crippen LogP contribution in [0.1, 0.15) is 33.6 Å². The lowest BCUT2D eigenvalue weighted by Crippen LogP contribution is -2.46. The SMILES string of the molecule is CC(C)(C)C1CCC(C#N)CN1. The average molecular weight is 166 g/mol. The van der Waals surface area contributed by atoms with Crippen molar-refractivity contribution in [3.05, 3.63) is 0 Å². The van der Waals surface area contributed by atoms with Crippen molar-refractivity contribution in [2.24, 2.45) is 11.3 Å². The van der Waals surface area contributed by atoms with Gasteiger partial charge in [-0.1, -0.05) is 20.8 Å². The van der Waals surface area contributed by atoms with Gasteiger partial charge in [-0.25, -0.2) is 0 Å². The Kier molecular flexibility index (Phi) is 2.74. The van der Waals surface area contributed by atoms with Gasteiger partial charge in [-0.05, 0) is 18.3 Å². The number of nitriles is 1. The number of nitrogens with zero attached hydrogens (tertiary/aromatic N) is 1. The fourth-order valence-electron chi connectivity index (χ4n) is 1.71. The molecule has 1 aliphatic rings. The van der Waals surface area contributed by atoms with E-state index in [1.54, 1.807) is 0 Å². The lowest BCUT2D eigenvalue weighted by Gasteiger charge is -2.36. The van der Waals surface area contributed by atoms with Crippen LogP contribution in [-0.4, -0.2) is 12.6 Å². The van der Waals surface area contributed by atoms with Crippen molar-refractivity contribution in [2.75, 3.05) is 6.54 Å². The molecule has 1 saturated heterocycles. The molecule has 1 rings (SSSR count). The molecule has 2 nitrogen and oxygen atoms in total. The van der Waals surface area contributed by atoms with Gasteiger partial charge in [0.2, 0.25) is 0 Å². The highest BCUT2D eigenvalue weighted by Crippen LogP contribution is 2.27. The molecule has 2 heteroatoms. The number of nitrogens with one attached hydrogen (secondary N) is 1. The van der Waals surface area contributed by atoms with Gasteiger partial charge in [0, 0.05) is 12.6 Å². The predicted molar refractivity (Wildman–Crippen MR) is 49.6 cm³/mol. The van der Waals surface area contributed by atoms with Gasteiger partial charge in [-0.2, -0.15) is 5.26 Å². The molecule has 0 aromatic carbocycles. The monoisotopic (exact) mass is 166 g/mol. The fraction of sp³-hybridized carbons (Fsp3) is 0.900. The van der Waals surface area contributed by atoms with Crippen LogP contribution in [0.2, 0.25) is 0 Å². The highest BCUT2D eigenvalue weighted by Gasteiger charge is 2.28. The highest BCUT2D eigenvalue weighted by atomic mass is 14.9. The minimum absolute atomic E-state index is 0.239. The minimum Gasteiger partial charge on any atom is -0.312 e. The molecule has 0 aromatic rings. The molecule has 1 fully saturated rings. The third-order valence-corrected chi connectivity index (χ3v) is 2.64. The lowest BCUT2D eigenvalue weighted by molar-refractivity contribution is 0.210. The van der Waals surface area contributed by atoms with Gasteiger partial charge in [0.1, 0.15) is 0 Å². The van der Waals surface area contributed by atoms with Crippen LogP contribution in [0.5, 0.6) is 0 Å². The molecule has 0 radical (unpaired) electrons. The molecule has 68 valence electrons. The third-order valence-electron chi connectivity index (χ3n) is 2.64. The van der Waals surface area contributed by atoms with Crippen molar-refractivity contribution in [2.45, 2.75) is 39.7 Å². The summed E-state index contributed by atoms with van der Waals surface area (Å²) in [6, 6.07) is 2.90. The normalized spacial score (nSPS) is 31.2. The molecule has 0 saturated carbocycles. The smallest absolute Gasteiger partial charge is 0.0669 e. The molecule has 12 heavy (non-hydrogen) atoms. The van der Waals surface area contributed by atoms with E-state index in [-0.39, 0.29) is 5.92 Å². The molecule has 2 atom stereocenters. The van der Waals surface area contributed by atoms with E-state index in [4.69, 9.17) is 5.26 Å². The summed E-state index contributed by atoms with van der Waals surface area (Å²) in [5.41, 5.74) is 0.334. The second-order valence-electron chi connectivity index (χ2n) is 4.73. The Hall–Kier alpha value is -0.550. The largest absolute Gasteiger partial charge is 0.312 e. The molecule has 1 heterocycles. The molecular weight excluding hydrogens is 148 g/mol. The third kappa shape index (κ3) is 2.22. The van der Waals surface area contributed by atoms with Crippen molar-refractivity contribution in [3.8, 4) is 6.07 Å². The van der Waals surface area contributed by atoms with E-state index in [1.165, 1.54) is 0 Å². The number of piperidine rings is 1. The highest BCUT2D eigenvalue weighted by molar-refractivity contribution is 4.93.